The molecule has 3 atom stereocenters. The smallest absolute Gasteiger partial charge is 0.333 e. The standard InChI is InChI=1S/C16H24O2.C11H16O2.C11H18O2.C6H10O3/c1-4-16(18-15(17)10(2)3)13-6-11-5-12(8-13)9-14(16)7-11;1-7(2)11(12)13-10-6-8-3-4-9(10)5-8;1-4-11(7-5-6-8-11)13-10(12)9(2)3;1-5(2)6(8)9-4-3-7/h11-14H,2,4-9H2,1,3H3;8-10H,1,3-6H2,2H3;2,4-8H2,1,3H3;7H,1,3-4H2,2H3. The molecule has 0 aromatic carbocycles. The molecular formula is C44H68O9. The fraction of sp³-hybridized carbons (Fsp3) is 0.727. The number of ether oxygens (including phenoxy) is 4. The number of hydrogen-bond acceptors (Lipinski definition) is 9. The Hall–Kier alpha value is -3.20. The third-order valence-corrected chi connectivity index (χ3v) is 12.5. The molecule has 7 aliphatic carbocycles. The van der Waals surface area contributed by atoms with E-state index in [0.29, 0.717) is 40.0 Å². The van der Waals surface area contributed by atoms with Gasteiger partial charge in [-0.05, 0) is 160 Å². The van der Waals surface area contributed by atoms with Crippen molar-refractivity contribution < 1.29 is 43.2 Å². The first-order valence-electron chi connectivity index (χ1n) is 20.1. The average molecular weight is 741 g/mol. The lowest BCUT2D eigenvalue weighted by Gasteiger charge is -2.60. The second-order valence-corrected chi connectivity index (χ2v) is 16.7. The maximum Gasteiger partial charge on any atom is 0.333 e. The van der Waals surface area contributed by atoms with Gasteiger partial charge in [0.1, 0.15) is 23.9 Å². The van der Waals surface area contributed by atoms with Gasteiger partial charge < -0.3 is 24.1 Å². The van der Waals surface area contributed by atoms with Gasteiger partial charge in [-0.3, -0.25) is 0 Å². The molecule has 0 spiro atoms. The highest BCUT2D eigenvalue weighted by Gasteiger charge is 2.58. The molecule has 0 aromatic rings. The largest absolute Gasteiger partial charge is 0.460 e. The Balaban J connectivity index is 0.000000196. The Bertz CT molecular complexity index is 1320. The third kappa shape index (κ3) is 11.9. The summed E-state index contributed by atoms with van der Waals surface area (Å²) in [6.45, 7) is 25.1. The summed E-state index contributed by atoms with van der Waals surface area (Å²) >= 11 is 0. The molecular weight excluding hydrogens is 672 g/mol. The van der Waals surface area contributed by atoms with Gasteiger partial charge in [-0.2, -0.15) is 0 Å². The molecule has 0 saturated heterocycles. The molecule has 0 aromatic heterocycles. The summed E-state index contributed by atoms with van der Waals surface area (Å²) in [5, 5.41) is 8.19. The van der Waals surface area contributed by atoms with Crippen LogP contribution < -0.4 is 0 Å². The molecule has 7 saturated carbocycles. The minimum atomic E-state index is -0.455. The Morgan fingerprint density at radius 2 is 1.13 bits per heavy atom. The van der Waals surface area contributed by atoms with Crippen molar-refractivity contribution in [1.29, 1.82) is 0 Å². The fourth-order valence-corrected chi connectivity index (χ4v) is 9.72. The van der Waals surface area contributed by atoms with Crippen molar-refractivity contribution in [3.05, 3.63) is 48.6 Å². The first kappa shape index (κ1) is 44.2. The van der Waals surface area contributed by atoms with E-state index >= 15 is 0 Å². The highest BCUT2D eigenvalue weighted by Crippen LogP contribution is 2.60. The fourth-order valence-electron chi connectivity index (χ4n) is 9.72. The van der Waals surface area contributed by atoms with Crippen LogP contribution in [0.25, 0.3) is 0 Å². The average Bonchev–Trinajstić information content (AvgIpc) is 3.88. The predicted octanol–water partition coefficient (Wildman–Crippen LogP) is 8.93. The van der Waals surface area contributed by atoms with E-state index in [-0.39, 0.29) is 48.4 Å². The normalized spacial score (nSPS) is 30.5. The third-order valence-electron chi connectivity index (χ3n) is 12.5. The number of rotatable bonds is 11. The molecule has 298 valence electrons. The molecule has 6 bridgehead atoms. The maximum atomic E-state index is 12.0. The number of carbonyl (C=O) groups excluding carboxylic acids is 4. The van der Waals surface area contributed by atoms with Crippen LogP contribution in [0.1, 0.15) is 138 Å². The van der Waals surface area contributed by atoms with Crippen molar-refractivity contribution >= 4 is 23.9 Å². The van der Waals surface area contributed by atoms with Crippen LogP contribution in [0.5, 0.6) is 0 Å². The molecule has 7 rings (SSSR count). The molecule has 0 aliphatic heterocycles. The summed E-state index contributed by atoms with van der Waals surface area (Å²) in [5.74, 6) is 3.45. The van der Waals surface area contributed by atoms with Crippen LogP contribution in [0.3, 0.4) is 0 Å². The zero-order chi connectivity index (χ0) is 39.5. The number of hydrogen-bond donors (Lipinski definition) is 1. The van der Waals surface area contributed by atoms with Crippen LogP contribution in [0.15, 0.2) is 48.6 Å². The molecule has 7 fully saturated rings. The summed E-state index contributed by atoms with van der Waals surface area (Å²) in [6, 6.07) is 0. The van der Waals surface area contributed by atoms with Gasteiger partial charge in [0, 0.05) is 22.3 Å². The number of aliphatic hydroxyl groups is 1. The Morgan fingerprint density at radius 1 is 0.623 bits per heavy atom. The van der Waals surface area contributed by atoms with E-state index in [0.717, 1.165) is 49.9 Å². The van der Waals surface area contributed by atoms with E-state index in [1.807, 2.05) is 0 Å². The molecule has 7 aliphatic rings. The number of aliphatic hydroxyl groups excluding tert-OH is 1. The molecule has 0 heterocycles. The number of esters is 4. The van der Waals surface area contributed by atoms with Crippen LogP contribution in [0.4, 0.5) is 0 Å². The topological polar surface area (TPSA) is 125 Å². The van der Waals surface area contributed by atoms with Gasteiger partial charge in [-0.25, -0.2) is 19.2 Å². The number of fused-ring (bicyclic) bond motifs is 2. The van der Waals surface area contributed by atoms with Gasteiger partial charge in [-0.1, -0.05) is 40.2 Å². The summed E-state index contributed by atoms with van der Waals surface area (Å²) in [7, 11) is 0. The van der Waals surface area contributed by atoms with E-state index in [2.05, 4.69) is 44.9 Å². The van der Waals surface area contributed by atoms with E-state index in [1.54, 1.807) is 27.7 Å². The summed E-state index contributed by atoms with van der Waals surface area (Å²) in [5.41, 5.74) is 1.57. The second-order valence-electron chi connectivity index (χ2n) is 16.7. The lowest BCUT2D eigenvalue weighted by atomic mass is 9.49. The Labute approximate surface area is 319 Å². The molecule has 53 heavy (non-hydrogen) atoms. The summed E-state index contributed by atoms with van der Waals surface area (Å²) in [4.78, 5) is 45.0. The van der Waals surface area contributed by atoms with E-state index in [1.165, 1.54) is 64.2 Å². The van der Waals surface area contributed by atoms with Crippen LogP contribution in [0.2, 0.25) is 0 Å². The lowest BCUT2D eigenvalue weighted by molar-refractivity contribution is -0.207. The molecule has 9 heteroatoms. The van der Waals surface area contributed by atoms with Gasteiger partial charge in [0.2, 0.25) is 0 Å². The Morgan fingerprint density at radius 3 is 1.53 bits per heavy atom. The summed E-state index contributed by atoms with van der Waals surface area (Å²) in [6.07, 6.45) is 18.0. The minimum absolute atomic E-state index is 0.0473. The monoisotopic (exact) mass is 740 g/mol. The molecule has 0 amide bonds. The van der Waals surface area contributed by atoms with Crippen molar-refractivity contribution in [2.45, 2.75) is 155 Å². The first-order chi connectivity index (χ1) is 25.0. The van der Waals surface area contributed by atoms with Gasteiger partial charge in [0.25, 0.3) is 0 Å². The van der Waals surface area contributed by atoms with Crippen molar-refractivity contribution in [3.8, 4) is 0 Å². The van der Waals surface area contributed by atoms with E-state index < -0.39 is 5.97 Å². The van der Waals surface area contributed by atoms with Crippen LogP contribution in [0, 0.1) is 35.5 Å². The van der Waals surface area contributed by atoms with Crippen LogP contribution >= 0.6 is 0 Å². The zero-order valence-corrected chi connectivity index (χ0v) is 33.6. The second kappa shape index (κ2) is 19.9. The van der Waals surface area contributed by atoms with E-state index in [9.17, 15) is 19.2 Å². The first-order valence-corrected chi connectivity index (χ1v) is 20.1. The molecule has 1 N–H and O–H groups in total. The van der Waals surface area contributed by atoms with Crippen LogP contribution in [-0.4, -0.2) is 59.5 Å². The molecule has 9 nitrogen and oxygen atoms in total. The zero-order valence-electron chi connectivity index (χ0n) is 33.6. The predicted molar refractivity (Wildman–Crippen MR) is 206 cm³/mol. The minimum Gasteiger partial charge on any atom is -0.460 e. The van der Waals surface area contributed by atoms with Crippen molar-refractivity contribution in [3.63, 3.8) is 0 Å². The molecule has 0 radical (unpaired) electrons. The van der Waals surface area contributed by atoms with Gasteiger partial charge in [0.15, 0.2) is 0 Å². The SMILES string of the molecule is C=C(C)C(=O)OC1(CC)C2CC3CC(C2)CC1C3.C=C(C)C(=O)OC1(CC)CCCC1.C=C(C)C(=O)OC1CC2CCC1C2.C=C(C)C(=O)OCCO. The highest BCUT2D eigenvalue weighted by molar-refractivity contribution is 5.88. The van der Waals surface area contributed by atoms with Gasteiger partial charge in [0.05, 0.1) is 6.61 Å². The highest BCUT2D eigenvalue weighted by atomic mass is 16.6. The summed E-state index contributed by atoms with van der Waals surface area (Å²) < 4.78 is 21.3. The van der Waals surface area contributed by atoms with Crippen molar-refractivity contribution in [2.24, 2.45) is 35.5 Å². The quantitative estimate of drug-likeness (QED) is 0.126. The van der Waals surface area contributed by atoms with Crippen LogP contribution in [-0.2, 0) is 38.1 Å². The Kier molecular flexibility index (Phi) is 16.6. The van der Waals surface area contributed by atoms with Crippen molar-refractivity contribution in [1.82, 2.24) is 0 Å². The van der Waals surface area contributed by atoms with E-state index in [4.69, 9.17) is 19.3 Å². The maximum absolute atomic E-state index is 12.0. The molecule has 3 unspecified atom stereocenters. The lowest BCUT2D eigenvalue weighted by Crippen LogP contribution is -2.59. The van der Waals surface area contributed by atoms with Crippen molar-refractivity contribution in [2.75, 3.05) is 13.2 Å². The van der Waals surface area contributed by atoms with Gasteiger partial charge in [-0.15, -0.1) is 0 Å². The van der Waals surface area contributed by atoms with Gasteiger partial charge >= 0.3 is 23.9 Å². The number of carbonyl (C=O) groups is 4.